The number of rotatable bonds is 5. The fourth-order valence-corrected chi connectivity index (χ4v) is 3.08. The molecule has 0 bridgehead atoms. The number of hydrogen-bond acceptors (Lipinski definition) is 4. The number of alkyl halides is 3. The molecule has 0 N–H and O–H groups in total. The molecular formula is C18H18F3N3O3. The lowest BCUT2D eigenvalue weighted by molar-refractivity contribution is -0.141. The van der Waals surface area contributed by atoms with Crippen LogP contribution < -0.4 is 15.2 Å². The van der Waals surface area contributed by atoms with Crippen LogP contribution in [0.2, 0.25) is 0 Å². The number of benzene rings is 1. The van der Waals surface area contributed by atoms with E-state index in [9.17, 15) is 22.8 Å². The van der Waals surface area contributed by atoms with E-state index < -0.39 is 29.4 Å². The molecule has 1 aliphatic heterocycles. The van der Waals surface area contributed by atoms with Gasteiger partial charge >= 0.3 is 6.18 Å². The number of fused-ring (bicyclic) bond motifs is 1. The molecule has 1 aliphatic rings. The molecule has 9 heteroatoms. The third kappa shape index (κ3) is 3.54. The van der Waals surface area contributed by atoms with Crippen LogP contribution >= 0.6 is 0 Å². The molecule has 0 aliphatic carbocycles. The van der Waals surface area contributed by atoms with Gasteiger partial charge in [-0.1, -0.05) is 25.5 Å². The molecule has 0 saturated heterocycles. The molecule has 0 fully saturated rings. The van der Waals surface area contributed by atoms with Gasteiger partial charge in [-0.3, -0.25) is 19.1 Å². The quantitative estimate of drug-likeness (QED) is 0.798. The number of anilines is 1. The van der Waals surface area contributed by atoms with Crippen molar-refractivity contribution in [3.8, 4) is 5.75 Å². The molecule has 2 heterocycles. The maximum Gasteiger partial charge on any atom is 0.433 e. The molecule has 1 amide bonds. The van der Waals surface area contributed by atoms with Crippen LogP contribution in [0.1, 0.15) is 37.1 Å². The minimum atomic E-state index is -4.77. The normalized spacial score (nSPS) is 16.6. The van der Waals surface area contributed by atoms with Gasteiger partial charge in [0, 0.05) is 6.07 Å². The van der Waals surface area contributed by atoms with Crippen molar-refractivity contribution in [3.63, 3.8) is 0 Å². The summed E-state index contributed by atoms with van der Waals surface area (Å²) in [6, 6.07) is 6.38. The Morgan fingerprint density at radius 3 is 2.41 bits per heavy atom. The minimum absolute atomic E-state index is 0.0107. The highest BCUT2D eigenvalue weighted by Gasteiger charge is 2.42. The highest BCUT2D eigenvalue weighted by molar-refractivity contribution is 5.98. The maximum atomic E-state index is 13.1. The number of halogens is 3. The molecule has 6 nitrogen and oxygen atoms in total. The molecule has 1 unspecified atom stereocenters. The number of hydrogen-bond donors (Lipinski definition) is 0. The van der Waals surface area contributed by atoms with Crippen molar-refractivity contribution in [2.75, 3.05) is 12.0 Å². The van der Waals surface area contributed by atoms with Crippen LogP contribution in [0.25, 0.3) is 0 Å². The molecule has 0 saturated carbocycles. The Bertz CT molecular complexity index is 907. The van der Waals surface area contributed by atoms with Gasteiger partial charge in [0.15, 0.2) is 5.69 Å². The summed E-state index contributed by atoms with van der Waals surface area (Å²) in [7, 11) is 1.51. The second kappa shape index (κ2) is 7.05. The monoisotopic (exact) mass is 381 g/mol. The van der Waals surface area contributed by atoms with Gasteiger partial charge in [-0.05, 0) is 24.1 Å². The molecule has 1 aromatic heterocycles. The zero-order chi connectivity index (χ0) is 19.8. The first-order valence-electron chi connectivity index (χ1n) is 8.41. The van der Waals surface area contributed by atoms with Gasteiger partial charge < -0.3 is 4.74 Å². The SMILES string of the molecule is CCCC1C(=O)N(Cc2ccc(OC)cc2)c2nc(C(F)(F)F)cc(=O)n21. The van der Waals surface area contributed by atoms with Gasteiger partial charge in [-0.2, -0.15) is 13.2 Å². The Labute approximate surface area is 153 Å². The molecule has 0 radical (unpaired) electrons. The van der Waals surface area contributed by atoms with Crippen LogP contribution in [0.4, 0.5) is 19.1 Å². The number of methoxy groups -OCH3 is 1. The molecule has 3 rings (SSSR count). The van der Waals surface area contributed by atoms with E-state index in [0.717, 1.165) is 9.47 Å². The summed E-state index contributed by atoms with van der Waals surface area (Å²) in [6.07, 6.45) is -3.83. The van der Waals surface area contributed by atoms with Crippen LogP contribution in [0.3, 0.4) is 0 Å². The van der Waals surface area contributed by atoms with Gasteiger partial charge in [-0.15, -0.1) is 0 Å². The lowest BCUT2D eigenvalue weighted by Crippen LogP contribution is -2.29. The van der Waals surface area contributed by atoms with Gasteiger partial charge in [0.2, 0.25) is 5.95 Å². The standard InChI is InChI=1S/C18H18F3N3O3/c1-3-4-13-16(26)23(10-11-5-7-12(27-2)8-6-11)17-22-14(18(19,20)21)9-15(25)24(13)17/h5-9,13H,3-4,10H2,1-2H3. The average Bonchev–Trinajstić information content (AvgIpc) is 2.88. The second-order valence-corrected chi connectivity index (χ2v) is 6.22. The highest BCUT2D eigenvalue weighted by atomic mass is 19.4. The van der Waals surface area contributed by atoms with E-state index in [1.807, 2.05) is 6.92 Å². The van der Waals surface area contributed by atoms with Crippen molar-refractivity contribution in [2.45, 2.75) is 38.5 Å². The summed E-state index contributed by atoms with van der Waals surface area (Å²) >= 11 is 0. The lowest BCUT2D eigenvalue weighted by Gasteiger charge is -2.17. The predicted octanol–water partition coefficient (Wildman–Crippen LogP) is 3.16. The van der Waals surface area contributed by atoms with E-state index in [1.54, 1.807) is 24.3 Å². The molecule has 2 aromatic rings. The maximum absolute atomic E-state index is 13.1. The van der Waals surface area contributed by atoms with Crippen molar-refractivity contribution in [3.05, 3.63) is 51.9 Å². The summed E-state index contributed by atoms with van der Waals surface area (Å²) in [5.41, 5.74) is -1.50. The number of amides is 1. The lowest BCUT2D eigenvalue weighted by atomic mass is 10.1. The van der Waals surface area contributed by atoms with E-state index in [2.05, 4.69) is 4.98 Å². The number of aromatic nitrogens is 2. The van der Waals surface area contributed by atoms with Crippen LogP contribution in [-0.4, -0.2) is 22.6 Å². The smallest absolute Gasteiger partial charge is 0.433 e. The van der Waals surface area contributed by atoms with E-state index >= 15 is 0 Å². The molecule has 0 spiro atoms. The number of carbonyl (C=O) groups excluding carboxylic acids is 1. The second-order valence-electron chi connectivity index (χ2n) is 6.22. The summed E-state index contributed by atoms with van der Waals surface area (Å²) in [6.45, 7) is 1.85. The van der Waals surface area contributed by atoms with Gasteiger partial charge in [0.1, 0.15) is 11.8 Å². The zero-order valence-corrected chi connectivity index (χ0v) is 14.8. The molecule has 1 aromatic carbocycles. The third-order valence-corrected chi connectivity index (χ3v) is 4.39. The predicted molar refractivity (Wildman–Crippen MR) is 91.6 cm³/mol. The van der Waals surface area contributed by atoms with E-state index in [4.69, 9.17) is 4.74 Å². The Balaban J connectivity index is 2.06. The van der Waals surface area contributed by atoms with E-state index in [0.29, 0.717) is 30.2 Å². The number of nitrogens with zero attached hydrogens (tertiary/aromatic N) is 3. The van der Waals surface area contributed by atoms with Gasteiger partial charge in [0.05, 0.1) is 13.7 Å². The highest BCUT2D eigenvalue weighted by Crippen LogP contribution is 2.34. The van der Waals surface area contributed by atoms with E-state index in [-0.39, 0.29) is 12.5 Å². The molecule has 144 valence electrons. The molecule has 27 heavy (non-hydrogen) atoms. The zero-order valence-electron chi connectivity index (χ0n) is 14.8. The molecule has 1 atom stereocenters. The molecular weight excluding hydrogens is 363 g/mol. The first-order valence-corrected chi connectivity index (χ1v) is 8.41. The van der Waals surface area contributed by atoms with Crippen molar-refractivity contribution in [1.29, 1.82) is 0 Å². The topological polar surface area (TPSA) is 64.4 Å². The Morgan fingerprint density at radius 1 is 1.19 bits per heavy atom. The van der Waals surface area contributed by atoms with Crippen LogP contribution in [0.5, 0.6) is 5.75 Å². The summed E-state index contributed by atoms with van der Waals surface area (Å²) in [4.78, 5) is 29.9. The van der Waals surface area contributed by atoms with Crippen LogP contribution in [-0.2, 0) is 17.5 Å². The van der Waals surface area contributed by atoms with Crippen LogP contribution in [0.15, 0.2) is 35.1 Å². The Hall–Kier alpha value is -2.84. The Morgan fingerprint density at radius 2 is 1.85 bits per heavy atom. The first-order chi connectivity index (χ1) is 12.8. The fraction of sp³-hybridized carbons (Fsp3) is 0.389. The summed E-state index contributed by atoms with van der Waals surface area (Å²) in [5.74, 6) is -0.0878. The van der Waals surface area contributed by atoms with Crippen molar-refractivity contribution in [2.24, 2.45) is 0 Å². The van der Waals surface area contributed by atoms with Gasteiger partial charge in [0.25, 0.3) is 11.5 Å². The third-order valence-electron chi connectivity index (χ3n) is 4.39. The largest absolute Gasteiger partial charge is 0.497 e. The Kier molecular flexibility index (Phi) is 4.95. The summed E-state index contributed by atoms with van der Waals surface area (Å²) in [5, 5.41) is 0. The van der Waals surface area contributed by atoms with E-state index in [1.165, 1.54) is 7.11 Å². The van der Waals surface area contributed by atoms with Crippen molar-refractivity contribution in [1.82, 2.24) is 9.55 Å². The van der Waals surface area contributed by atoms with Gasteiger partial charge in [-0.25, -0.2) is 4.98 Å². The average molecular weight is 381 g/mol. The first kappa shape index (κ1) is 18.9. The number of ether oxygens (including phenoxy) is 1. The van der Waals surface area contributed by atoms with Crippen molar-refractivity contribution < 1.29 is 22.7 Å². The van der Waals surface area contributed by atoms with Crippen LogP contribution in [0, 0.1) is 0 Å². The number of carbonyl (C=O) groups is 1. The fourth-order valence-electron chi connectivity index (χ4n) is 3.08. The minimum Gasteiger partial charge on any atom is -0.497 e. The van der Waals surface area contributed by atoms with Crippen molar-refractivity contribution >= 4 is 11.9 Å². The summed E-state index contributed by atoms with van der Waals surface area (Å²) < 4.78 is 45.4.